The smallest absolute Gasteiger partial charge is 0.355 e. The second-order valence-corrected chi connectivity index (χ2v) is 5.88. The second kappa shape index (κ2) is 7.22. The van der Waals surface area contributed by atoms with Crippen LogP contribution in [0.2, 0.25) is 0 Å². The van der Waals surface area contributed by atoms with Gasteiger partial charge in [-0.2, -0.15) is 10.4 Å². The average molecular weight is 320 g/mol. The van der Waals surface area contributed by atoms with E-state index in [1.807, 2.05) is 0 Å². The summed E-state index contributed by atoms with van der Waals surface area (Å²) in [5.74, 6) is -1.50. The van der Waals surface area contributed by atoms with E-state index in [1.165, 1.54) is 6.92 Å². The van der Waals surface area contributed by atoms with Gasteiger partial charge in [0, 0.05) is 12.8 Å². The minimum atomic E-state index is -1.03. The van der Waals surface area contributed by atoms with Crippen molar-refractivity contribution in [1.82, 2.24) is 10.7 Å². The summed E-state index contributed by atoms with van der Waals surface area (Å²) in [4.78, 5) is 35.1. The molecular weight excluding hydrogens is 300 g/mol. The van der Waals surface area contributed by atoms with Crippen molar-refractivity contribution in [1.29, 1.82) is 5.26 Å². The lowest BCUT2D eigenvalue weighted by Gasteiger charge is -2.32. The average Bonchev–Trinajstić information content (AvgIpc) is 2.56. The molecule has 1 saturated carbocycles. The summed E-state index contributed by atoms with van der Waals surface area (Å²) in [5.41, 5.74) is 1.41. The summed E-state index contributed by atoms with van der Waals surface area (Å²) >= 11 is 0. The number of nitriles is 1. The van der Waals surface area contributed by atoms with E-state index in [0.29, 0.717) is 12.8 Å². The lowest BCUT2D eigenvalue weighted by Crippen LogP contribution is -2.52. The number of esters is 1. The Morgan fingerprint density at radius 1 is 1.35 bits per heavy atom. The molecule has 0 aromatic heterocycles. The molecule has 1 fully saturated rings. The van der Waals surface area contributed by atoms with Crippen molar-refractivity contribution in [3.8, 4) is 6.07 Å². The molecule has 0 aromatic carbocycles. The molecule has 1 aliphatic carbocycles. The van der Waals surface area contributed by atoms with Crippen molar-refractivity contribution < 1.29 is 19.1 Å². The molecule has 1 heterocycles. The number of hydrazone groups is 1. The zero-order valence-corrected chi connectivity index (χ0v) is 13.1. The molecule has 1 aliphatic heterocycles. The standard InChI is InChI=1S/C15H20N4O4/c1-10(23-14(22)11-5-6-12(20)19-18-11)13(21)17-15(9-16)7-3-2-4-8-15/h10H,2-8H2,1H3,(H,17,21)(H,19,20)/t10-/m0/s1. The van der Waals surface area contributed by atoms with Gasteiger partial charge in [-0.05, 0) is 19.8 Å². The number of carbonyl (C=O) groups is 3. The quantitative estimate of drug-likeness (QED) is 0.732. The van der Waals surface area contributed by atoms with Crippen molar-refractivity contribution in [3.63, 3.8) is 0 Å². The lowest BCUT2D eigenvalue weighted by atomic mass is 9.83. The van der Waals surface area contributed by atoms with Gasteiger partial charge < -0.3 is 10.1 Å². The molecular formula is C15H20N4O4. The highest BCUT2D eigenvalue weighted by Gasteiger charge is 2.35. The van der Waals surface area contributed by atoms with Crippen LogP contribution in [0.4, 0.5) is 0 Å². The Kier molecular flexibility index (Phi) is 5.32. The third-order valence-electron chi connectivity index (χ3n) is 4.08. The molecule has 0 spiro atoms. The van der Waals surface area contributed by atoms with E-state index in [1.54, 1.807) is 0 Å². The number of hydrogen-bond donors (Lipinski definition) is 2. The molecule has 0 radical (unpaired) electrons. The summed E-state index contributed by atoms with van der Waals surface area (Å²) in [6.45, 7) is 1.45. The SMILES string of the molecule is C[C@H](OC(=O)C1=NNC(=O)CC1)C(=O)NC1(C#N)CCCCC1. The first-order valence-electron chi connectivity index (χ1n) is 7.75. The molecule has 2 amide bonds. The van der Waals surface area contributed by atoms with Gasteiger partial charge in [-0.3, -0.25) is 9.59 Å². The third-order valence-corrected chi connectivity index (χ3v) is 4.08. The Morgan fingerprint density at radius 2 is 2.04 bits per heavy atom. The summed E-state index contributed by atoms with van der Waals surface area (Å²) in [7, 11) is 0. The Hall–Kier alpha value is -2.43. The van der Waals surface area contributed by atoms with Crippen LogP contribution in [0.25, 0.3) is 0 Å². The van der Waals surface area contributed by atoms with Gasteiger partial charge >= 0.3 is 5.97 Å². The van der Waals surface area contributed by atoms with Gasteiger partial charge in [0.15, 0.2) is 6.10 Å². The zero-order chi connectivity index (χ0) is 16.9. The number of nitrogens with zero attached hydrogens (tertiary/aromatic N) is 2. The maximum absolute atomic E-state index is 12.2. The number of rotatable bonds is 4. The van der Waals surface area contributed by atoms with Gasteiger partial charge in [-0.15, -0.1) is 0 Å². The molecule has 0 saturated heterocycles. The van der Waals surface area contributed by atoms with Crippen molar-refractivity contribution in [2.24, 2.45) is 5.10 Å². The highest BCUT2D eigenvalue weighted by Crippen LogP contribution is 2.27. The molecule has 2 aliphatic rings. The van der Waals surface area contributed by atoms with Crippen molar-refractivity contribution in [2.75, 3.05) is 0 Å². The van der Waals surface area contributed by atoms with Crippen LogP contribution in [0.5, 0.6) is 0 Å². The Labute approximate surface area is 134 Å². The molecule has 23 heavy (non-hydrogen) atoms. The first-order chi connectivity index (χ1) is 11.0. The number of amides is 2. The van der Waals surface area contributed by atoms with Gasteiger partial charge in [-0.1, -0.05) is 19.3 Å². The van der Waals surface area contributed by atoms with E-state index in [-0.39, 0.29) is 24.5 Å². The molecule has 8 heteroatoms. The van der Waals surface area contributed by atoms with Gasteiger partial charge in [0.2, 0.25) is 5.91 Å². The van der Waals surface area contributed by atoms with E-state index in [4.69, 9.17) is 4.74 Å². The largest absolute Gasteiger partial charge is 0.448 e. The summed E-state index contributed by atoms with van der Waals surface area (Å²) in [5, 5.41) is 15.7. The fourth-order valence-corrected chi connectivity index (χ4v) is 2.66. The van der Waals surface area contributed by atoms with Crippen molar-refractivity contribution in [2.45, 2.75) is 63.5 Å². The summed E-state index contributed by atoms with van der Waals surface area (Å²) in [6.07, 6.45) is 3.35. The maximum Gasteiger partial charge on any atom is 0.355 e. The second-order valence-electron chi connectivity index (χ2n) is 5.88. The fraction of sp³-hybridized carbons (Fsp3) is 0.667. The van der Waals surface area contributed by atoms with Crippen LogP contribution in [0, 0.1) is 11.3 Å². The van der Waals surface area contributed by atoms with E-state index in [0.717, 1.165) is 19.3 Å². The predicted octanol–water partition coefficient (Wildman–Crippen LogP) is 0.527. The van der Waals surface area contributed by atoms with Gasteiger partial charge in [0.1, 0.15) is 11.3 Å². The van der Waals surface area contributed by atoms with Crippen LogP contribution in [0.3, 0.4) is 0 Å². The monoisotopic (exact) mass is 320 g/mol. The summed E-state index contributed by atoms with van der Waals surface area (Å²) in [6, 6.07) is 2.18. The molecule has 1 atom stereocenters. The van der Waals surface area contributed by atoms with Crippen LogP contribution in [-0.4, -0.2) is 35.1 Å². The van der Waals surface area contributed by atoms with Crippen LogP contribution >= 0.6 is 0 Å². The topological polar surface area (TPSA) is 121 Å². The number of ether oxygens (including phenoxy) is 1. The first kappa shape index (κ1) is 16.9. The number of nitrogens with one attached hydrogen (secondary N) is 2. The lowest BCUT2D eigenvalue weighted by molar-refractivity contribution is -0.149. The van der Waals surface area contributed by atoms with E-state index >= 15 is 0 Å². The zero-order valence-electron chi connectivity index (χ0n) is 13.1. The Morgan fingerprint density at radius 3 is 2.61 bits per heavy atom. The Bertz CT molecular complexity index is 573. The highest BCUT2D eigenvalue weighted by molar-refractivity contribution is 6.37. The molecule has 8 nitrogen and oxygen atoms in total. The van der Waals surface area contributed by atoms with Gasteiger partial charge in [0.05, 0.1) is 6.07 Å². The van der Waals surface area contributed by atoms with Crippen LogP contribution < -0.4 is 10.7 Å². The first-order valence-corrected chi connectivity index (χ1v) is 7.75. The molecule has 0 aromatic rings. The van der Waals surface area contributed by atoms with E-state index in [9.17, 15) is 19.6 Å². The van der Waals surface area contributed by atoms with Gasteiger partial charge in [-0.25, -0.2) is 10.2 Å². The van der Waals surface area contributed by atoms with Crippen molar-refractivity contribution in [3.05, 3.63) is 0 Å². The van der Waals surface area contributed by atoms with E-state index in [2.05, 4.69) is 21.9 Å². The van der Waals surface area contributed by atoms with Crippen LogP contribution in [0.1, 0.15) is 51.9 Å². The number of hydrogen-bond acceptors (Lipinski definition) is 6. The fourth-order valence-electron chi connectivity index (χ4n) is 2.66. The number of carbonyl (C=O) groups excluding carboxylic acids is 3. The molecule has 2 N–H and O–H groups in total. The summed E-state index contributed by atoms with van der Waals surface area (Å²) < 4.78 is 5.08. The van der Waals surface area contributed by atoms with Crippen molar-refractivity contribution >= 4 is 23.5 Å². The molecule has 124 valence electrons. The minimum absolute atomic E-state index is 0.0805. The predicted molar refractivity (Wildman–Crippen MR) is 79.9 cm³/mol. The Balaban J connectivity index is 1.91. The highest BCUT2D eigenvalue weighted by atomic mass is 16.5. The normalized spacial score (nSPS) is 21.2. The molecule has 2 rings (SSSR count). The van der Waals surface area contributed by atoms with Crippen LogP contribution in [0.15, 0.2) is 5.10 Å². The van der Waals surface area contributed by atoms with Gasteiger partial charge in [0.25, 0.3) is 5.91 Å². The third kappa shape index (κ3) is 4.28. The molecule has 0 unspecified atom stereocenters. The maximum atomic E-state index is 12.2. The van der Waals surface area contributed by atoms with Crippen LogP contribution in [-0.2, 0) is 19.1 Å². The van der Waals surface area contributed by atoms with E-state index < -0.39 is 23.5 Å². The minimum Gasteiger partial charge on any atom is -0.448 e. The molecule has 0 bridgehead atoms.